The Morgan fingerprint density at radius 1 is 0.833 bits per heavy atom. The number of allylic oxidation sites excluding steroid dienone is 1. The topological polar surface area (TPSA) is 105 Å². The Morgan fingerprint density at radius 3 is 2.12 bits per heavy atom. The van der Waals surface area contributed by atoms with Crippen molar-refractivity contribution in [3.63, 3.8) is 0 Å². The quantitative estimate of drug-likeness (QED) is 0.0503. The monoisotopic (exact) mass is 574 g/mol. The third-order valence-electron chi connectivity index (χ3n) is 6.45. The SMILES string of the molecule is Cc1c(-c2ccc(N)cc2)ccc(N)c1C(=O)/C=C/c1ccc(C(=O)Oc2ccc(OCCCC(F)(F)F)cc2)cc1. The fourth-order valence-electron chi connectivity index (χ4n) is 4.25. The lowest BCUT2D eigenvalue weighted by molar-refractivity contribution is -0.136. The van der Waals surface area contributed by atoms with E-state index in [4.69, 9.17) is 20.9 Å². The maximum absolute atomic E-state index is 13.1. The summed E-state index contributed by atoms with van der Waals surface area (Å²) in [7, 11) is 0. The normalized spacial score (nSPS) is 11.4. The molecule has 42 heavy (non-hydrogen) atoms. The minimum atomic E-state index is -4.22. The zero-order valence-corrected chi connectivity index (χ0v) is 22.8. The molecule has 6 nitrogen and oxygen atoms in total. The maximum atomic E-state index is 13.1. The second kappa shape index (κ2) is 13.1. The van der Waals surface area contributed by atoms with Crippen LogP contribution in [0.5, 0.6) is 11.5 Å². The van der Waals surface area contributed by atoms with Crippen molar-refractivity contribution < 1.29 is 32.2 Å². The predicted octanol–water partition coefficient (Wildman–Crippen LogP) is 7.66. The number of alkyl halides is 3. The molecule has 0 amide bonds. The zero-order chi connectivity index (χ0) is 30.3. The molecule has 0 saturated heterocycles. The number of benzene rings is 4. The van der Waals surface area contributed by atoms with Gasteiger partial charge >= 0.3 is 12.1 Å². The summed E-state index contributed by atoms with van der Waals surface area (Å²) < 4.78 is 47.3. The van der Waals surface area contributed by atoms with Crippen LogP contribution in [0.1, 0.15) is 44.7 Å². The van der Waals surface area contributed by atoms with E-state index in [0.717, 1.165) is 16.7 Å². The van der Waals surface area contributed by atoms with Crippen molar-refractivity contribution in [1.82, 2.24) is 0 Å². The Hall–Kier alpha value is -5.05. The van der Waals surface area contributed by atoms with Crippen LogP contribution in [0.2, 0.25) is 0 Å². The Morgan fingerprint density at radius 2 is 1.48 bits per heavy atom. The van der Waals surface area contributed by atoms with Gasteiger partial charge in [-0.3, -0.25) is 4.79 Å². The van der Waals surface area contributed by atoms with E-state index in [1.54, 1.807) is 48.5 Å². The molecule has 0 aromatic heterocycles. The maximum Gasteiger partial charge on any atom is 0.389 e. The van der Waals surface area contributed by atoms with E-state index in [1.807, 2.05) is 25.1 Å². The number of halogens is 3. The largest absolute Gasteiger partial charge is 0.494 e. The van der Waals surface area contributed by atoms with Crippen LogP contribution in [0.3, 0.4) is 0 Å². The predicted molar refractivity (Wildman–Crippen MR) is 157 cm³/mol. The van der Waals surface area contributed by atoms with Gasteiger partial charge in [-0.15, -0.1) is 0 Å². The number of nitrogens with two attached hydrogens (primary N) is 2. The number of esters is 1. The third-order valence-corrected chi connectivity index (χ3v) is 6.45. The zero-order valence-electron chi connectivity index (χ0n) is 22.8. The molecule has 0 atom stereocenters. The molecule has 0 aliphatic heterocycles. The fraction of sp³-hybridized carbons (Fsp3) is 0.152. The van der Waals surface area contributed by atoms with Crippen LogP contribution in [0.25, 0.3) is 17.2 Å². The van der Waals surface area contributed by atoms with E-state index in [9.17, 15) is 22.8 Å². The fourth-order valence-corrected chi connectivity index (χ4v) is 4.25. The van der Waals surface area contributed by atoms with Crippen molar-refractivity contribution in [2.24, 2.45) is 0 Å². The highest BCUT2D eigenvalue weighted by atomic mass is 19.4. The van der Waals surface area contributed by atoms with Crippen molar-refractivity contribution in [2.45, 2.75) is 25.9 Å². The van der Waals surface area contributed by atoms with E-state index in [1.165, 1.54) is 30.3 Å². The van der Waals surface area contributed by atoms with Gasteiger partial charge in [0.05, 0.1) is 12.2 Å². The molecule has 0 bridgehead atoms. The van der Waals surface area contributed by atoms with Crippen LogP contribution < -0.4 is 20.9 Å². The van der Waals surface area contributed by atoms with Gasteiger partial charge in [0.1, 0.15) is 11.5 Å². The van der Waals surface area contributed by atoms with Gasteiger partial charge in [-0.2, -0.15) is 13.2 Å². The third kappa shape index (κ3) is 8.00. The minimum absolute atomic E-state index is 0.0754. The van der Waals surface area contributed by atoms with E-state index < -0.39 is 18.6 Å². The van der Waals surface area contributed by atoms with Crippen LogP contribution in [0, 0.1) is 6.92 Å². The number of ether oxygens (including phenoxy) is 2. The minimum Gasteiger partial charge on any atom is -0.494 e. The highest BCUT2D eigenvalue weighted by molar-refractivity contribution is 6.12. The van der Waals surface area contributed by atoms with Gasteiger partial charge in [0.2, 0.25) is 0 Å². The molecule has 0 heterocycles. The molecule has 9 heteroatoms. The number of rotatable bonds is 10. The summed E-state index contributed by atoms with van der Waals surface area (Å²) in [5.74, 6) is -0.218. The van der Waals surface area contributed by atoms with Crippen molar-refractivity contribution in [2.75, 3.05) is 18.1 Å². The number of anilines is 2. The van der Waals surface area contributed by atoms with Gasteiger partial charge in [0.25, 0.3) is 0 Å². The number of ketones is 1. The summed E-state index contributed by atoms with van der Waals surface area (Å²) in [5, 5.41) is 0. The molecule has 0 radical (unpaired) electrons. The number of nitrogen functional groups attached to an aromatic ring is 2. The highest BCUT2D eigenvalue weighted by Gasteiger charge is 2.26. The van der Waals surface area contributed by atoms with E-state index >= 15 is 0 Å². The van der Waals surface area contributed by atoms with Crippen LogP contribution in [-0.2, 0) is 0 Å². The van der Waals surface area contributed by atoms with Crippen molar-refractivity contribution in [3.05, 3.63) is 113 Å². The number of hydrogen-bond donors (Lipinski definition) is 2. The average molecular weight is 575 g/mol. The molecule has 0 saturated carbocycles. The number of carbonyl (C=O) groups is 2. The Labute approximate surface area is 241 Å². The van der Waals surface area contributed by atoms with Gasteiger partial charge in [-0.25, -0.2) is 4.79 Å². The summed E-state index contributed by atoms with van der Waals surface area (Å²) in [6, 6.07) is 23.5. The van der Waals surface area contributed by atoms with E-state index in [0.29, 0.717) is 33.8 Å². The second-order valence-electron chi connectivity index (χ2n) is 9.57. The molecule has 0 fully saturated rings. The lowest BCUT2D eigenvalue weighted by Crippen LogP contribution is -2.10. The highest BCUT2D eigenvalue weighted by Crippen LogP contribution is 2.30. The van der Waals surface area contributed by atoms with Crippen LogP contribution in [0.4, 0.5) is 24.5 Å². The molecule has 4 aromatic rings. The van der Waals surface area contributed by atoms with Gasteiger partial charge < -0.3 is 20.9 Å². The molecule has 0 aliphatic rings. The molecular weight excluding hydrogens is 545 g/mol. The first-order valence-electron chi connectivity index (χ1n) is 13.1. The van der Waals surface area contributed by atoms with Gasteiger partial charge in [0, 0.05) is 23.4 Å². The first-order valence-corrected chi connectivity index (χ1v) is 13.1. The first-order chi connectivity index (χ1) is 20.0. The van der Waals surface area contributed by atoms with Crippen LogP contribution >= 0.6 is 0 Å². The van der Waals surface area contributed by atoms with Gasteiger partial charge in [-0.05, 0) is 96.3 Å². The molecule has 0 spiro atoms. The van der Waals surface area contributed by atoms with Crippen molar-refractivity contribution >= 4 is 29.2 Å². The Balaban J connectivity index is 1.36. The molecule has 0 aliphatic carbocycles. The van der Waals surface area contributed by atoms with E-state index in [-0.39, 0.29) is 24.6 Å². The Kier molecular flexibility index (Phi) is 9.32. The average Bonchev–Trinajstić information content (AvgIpc) is 2.95. The molecule has 4 rings (SSSR count). The molecule has 216 valence electrons. The van der Waals surface area contributed by atoms with Crippen LogP contribution in [0.15, 0.2) is 91.0 Å². The lowest BCUT2D eigenvalue weighted by Gasteiger charge is -2.13. The van der Waals surface area contributed by atoms with Crippen molar-refractivity contribution in [3.8, 4) is 22.6 Å². The summed E-state index contributed by atoms with van der Waals surface area (Å²) in [6.45, 7) is 1.77. The molecule has 4 N–H and O–H groups in total. The smallest absolute Gasteiger partial charge is 0.389 e. The number of carbonyl (C=O) groups excluding carboxylic acids is 2. The number of hydrogen-bond acceptors (Lipinski definition) is 6. The summed E-state index contributed by atoms with van der Waals surface area (Å²) in [6.07, 6.45) is -2.20. The second-order valence-corrected chi connectivity index (χ2v) is 9.57. The molecule has 4 aromatic carbocycles. The standard InChI is InChI=1S/C33H29F3N2O4/c1-21-28(23-8-10-25(37)11-9-23)16-17-29(38)31(21)30(39)18-5-22-3-6-24(7-4-22)32(40)42-27-14-12-26(13-15-27)41-20-2-19-33(34,35)36/h3-18H,2,19-20,37-38H2,1H3/b18-5+. The summed E-state index contributed by atoms with van der Waals surface area (Å²) in [5.41, 5.74) is 16.9. The molecule has 0 unspecified atom stereocenters. The lowest BCUT2D eigenvalue weighted by atomic mass is 9.93. The van der Waals surface area contributed by atoms with E-state index in [2.05, 4.69) is 0 Å². The van der Waals surface area contributed by atoms with Crippen molar-refractivity contribution in [1.29, 1.82) is 0 Å². The van der Waals surface area contributed by atoms with Gasteiger partial charge in [-0.1, -0.05) is 36.4 Å². The Bertz CT molecular complexity index is 1580. The summed E-state index contributed by atoms with van der Waals surface area (Å²) >= 11 is 0. The van der Waals surface area contributed by atoms with Gasteiger partial charge in [0.15, 0.2) is 5.78 Å². The first kappa shape index (κ1) is 29.9. The summed E-state index contributed by atoms with van der Waals surface area (Å²) in [4.78, 5) is 25.7. The van der Waals surface area contributed by atoms with Crippen LogP contribution in [-0.4, -0.2) is 24.5 Å². The molecular formula is C33H29F3N2O4.